The normalized spacial score (nSPS) is 12.2. The van der Waals surface area contributed by atoms with Gasteiger partial charge in [-0.3, -0.25) is 4.79 Å². The number of anilines is 1. The van der Waals surface area contributed by atoms with Crippen LogP contribution in [0.25, 0.3) is 5.69 Å². The van der Waals surface area contributed by atoms with Gasteiger partial charge in [-0.05, 0) is 19.1 Å². The van der Waals surface area contributed by atoms with Crippen molar-refractivity contribution in [2.75, 3.05) is 5.32 Å². The second-order valence-electron chi connectivity index (χ2n) is 3.75. The van der Waals surface area contributed by atoms with Gasteiger partial charge in [-0.15, -0.1) is 0 Å². The molecule has 0 spiro atoms. The topological polar surface area (TPSA) is 85.8 Å². The number of amides is 1. The Bertz CT molecular complexity index is 553. The third-order valence-electron chi connectivity index (χ3n) is 2.31. The molecular weight excluding hydrogens is 254 g/mol. The lowest BCUT2D eigenvalue weighted by Gasteiger charge is -2.13. The monoisotopic (exact) mass is 265 g/mol. The van der Waals surface area contributed by atoms with Crippen LogP contribution in [0, 0.1) is 0 Å². The fourth-order valence-corrected chi connectivity index (χ4v) is 1.68. The molecule has 2 rings (SSSR count). The Morgan fingerprint density at radius 1 is 1.56 bits per heavy atom. The Balaban J connectivity index is 2.42. The largest absolute Gasteiger partial charge is 0.323 e. The first-order valence-electron chi connectivity index (χ1n) is 5.29. The van der Waals surface area contributed by atoms with E-state index in [-0.39, 0.29) is 5.91 Å². The summed E-state index contributed by atoms with van der Waals surface area (Å²) in [7, 11) is 0. The van der Waals surface area contributed by atoms with Gasteiger partial charge in [-0.2, -0.15) is 5.10 Å². The first-order valence-corrected chi connectivity index (χ1v) is 5.67. The van der Waals surface area contributed by atoms with Crippen molar-refractivity contribution in [1.29, 1.82) is 0 Å². The third kappa shape index (κ3) is 2.49. The van der Waals surface area contributed by atoms with Crippen LogP contribution in [0.2, 0.25) is 5.02 Å². The summed E-state index contributed by atoms with van der Waals surface area (Å²) in [6.07, 6.45) is 2.89. The highest BCUT2D eigenvalue weighted by atomic mass is 35.5. The summed E-state index contributed by atoms with van der Waals surface area (Å²) >= 11 is 6.11. The van der Waals surface area contributed by atoms with Gasteiger partial charge in [-0.25, -0.2) is 9.67 Å². The van der Waals surface area contributed by atoms with Crippen LogP contribution in [0.4, 0.5) is 5.69 Å². The molecule has 0 aliphatic carbocycles. The van der Waals surface area contributed by atoms with Crippen molar-refractivity contribution in [3.05, 3.63) is 35.9 Å². The van der Waals surface area contributed by atoms with Crippen molar-refractivity contribution in [2.24, 2.45) is 5.73 Å². The zero-order chi connectivity index (χ0) is 13.1. The first kappa shape index (κ1) is 12.5. The van der Waals surface area contributed by atoms with E-state index in [9.17, 15) is 4.79 Å². The lowest BCUT2D eigenvalue weighted by molar-refractivity contribution is -0.117. The lowest BCUT2D eigenvalue weighted by Crippen LogP contribution is -2.32. The summed E-state index contributed by atoms with van der Waals surface area (Å²) in [5.74, 6) is -0.293. The highest BCUT2D eigenvalue weighted by molar-refractivity contribution is 6.33. The summed E-state index contributed by atoms with van der Waals surface area (Å²) in [5.41, 5.74) is 6.61. The molecule has 0 fully saturated rings. The molecule has 0 saturated carbocycles. The molecule has 6 nitrogen and oxygen atoms in total. The van der Waals surface area contributed by atoms with Gasteiger partial charge in [0.05, 0.1) is 16.8 Å². The minimum Gasteiger partial charge on any atom is -0.323 e. The molecule has 7 heteroatoms. The molecule has 1 atom stereocenters. The van der Waals surface area contributed by atoms with Crippen LogP contribution >= 0.6 is 11.6 Å². The minimum atomic E-state index is -0.604. The molecule has 0 aliphatic heterocycles. The number of benzene rings is 1. The number of rotatable bonds is 3. The number of nitrogens with two attached hydrogens (primary N) is 1. The predicted molar refractivity (Wildman–Crippen MR) is 68.6 cm³/mol. The Hall–Kier alpha value is -1.92. The predicted octanol–water partition coefficient (Wildman–Crippen LogP) is 1.21. The van der Waals surface area contributed by atoms with Crippen LogP contribution in [0.1, 0.15) is 6.92 Å². The van der Waals surface area contributed by atoms with Crippen molar-refractivity contribution in [1.82, 2.24) is 14.8 Å². The number of para-hydroxylation sites is 1. The van der Waals surface area contributed by atoms with Crippen LogP contribution in [0.15, 0.2) is 30.9 Å². The van der Waals surface area contributed by atoms with E-state index in [1.807, 2.05) is 0 Å². The molecule has 18 heavy (non-hydrogen) atoms. The quantitative estimate of drug-likeness (QED) is 0.873. The van der Waals surface area contributed by atoms with Crippen molar-refractivity contribution >= 4 is 23.2 Å². The maximum absolute atomic E-state index is 11.6. The highest BCUT2D eigenvalue weighted by Crippen LogP contribution is 2.27. The third-order valence-corrected chi connectivity index (χ3v) is 2.61. The van der Waals surface area contributed by atoms with Gasteiger partial charge < -0.3 is 11.1 Å². The van der Waals surface area contributed by atoms with Gasteiger partial charge in [0.25, 0.3) is 0 Å². The van der Waals surface area contributed by atoms with E-state index in [0.29, 0.717) is 16.4 Å². The Morgan fingerprint density at radius 2 is 2.33 bits per heavy atom. The Labute approximate surface area is 109 Å². The molecule has 2 aromatic rings. The molecule has 1 aromatic heterocycles. The number of hydrogen-bond donors (Lipinski definition) is 2. The summed E-state index contributed by atoms with van der Waals surface area (Å²) in [4.78, 5) is 15.5. The Kier molecular flexibility index (Phi) is 3.59. The number of hydrogen-bond acceptors (Lipinski definition) is 4. The molecule has 0 unspecified atom stereocenters. The molecule has 94 valence electrons. The van der Waals surface area contributed by atoms with E-state index in [1.165, 1.54) is 17.3 Å². The summed E-state index contributed by atoms with van der Waals surface area (Å²) in [5, 5.41) is 7.16. The summed E-state index contributed by atoms with van der Waals surface area (Å²) in [6, 6.07) is 4.57. The van der Waals surface area contributed by atoms with Crippen LogP contribution in [-0.2, 0) is 4.79 Å². The summed E-state index contributed by atoms with van der Waals surface area (Å²) < 4.78 is 1.49. The second kappa shape index (κ2) is 5.16. The van der Waals surface area contributed by atoms with Crippen molar-refractivity contribution in [3.63, 3.8) is 0 Å². The molecular formula is C11H12ClN5O. The van der Waals surface area contributed by atoms with Crippen LogP contribution in [-0.4, -0.2) is 26.7 Å². The van der Waals surface area contributed by atoms with E-state index in [1.54, 1.807) is 25.1 Å². The van der Waals surface area contributed by atoms with Crippen LogP contribution < -0.4 is 11.1 Å². The number of halogens is 1. The van der Waals surface area contributed by atoms with Crippen molar-refractivity contribution in [3.8, 4) is 5.69 Å². The first-order chi connectivity index (χ1) is 8.59. The highest BCUT2D eigenvalue weighted by Gasteiger charge is 2.14. The van der Waals surface area contributed by atoms with Gasteiger partial charge in [0.2, 0.25) is 5.91 Å². The average molecular weight is 266 g/mol. The van der Waals surface area contributed by atoms with Crippen LogP contribution in [0.5, 0.6) is 0 Å². The molecule has 0 radical (unpaired) electrons. The van der Waals surface area contributed by atoms with E-state index in [4.69, 9.17) is 17.3 Å². The number of aromatic nitrogens is 3. The van der Waals surface area contributed by atoms with Crippen LogP contribution in [0.3, 0.4) is 0 Å². The van der Waals surface area contributed by atoms with Gasteiger partial charge in [-0.1, -0.05) is 17.7 Å². The number of nitrogens with zero attached hydrogens (tertiary/aromatic N) is 3. The molecule has 1 heterocycles. The maximum Gasteiger partial charge on any atom is 0.241 e. The molecule has 1 amide bonds. The molecule has 1 aromatic carbocycles. The van der Waals surface area contributed by atoms with Gasteiger partial charge in [0, 0.05) is 0 Å². The van der Waals surface area contributed by atoms with E-state index in [2.05, 4.69) is 15.4 Å². The molecule has 3 N–H and O–H groups in total. The molecule has 0 saturated heterocycles. The number of carbonyl (C=O) groups is 1. The standard InChI is InChI=1S/C11H12ClN5O/c1-7(13)11(18)16-9-4-2-3-8(12)10(9)17-6-14-5-15-17/h2-7H,13H2,1H3,(H,16,18)/t7-/m0/s1. The molecule has 0 aliphatic rings. The van der Waals surface area contributed by atoms with Crippen molar-refractivity contribution < 1.29 is 4.79 Å². The SMILES string of the molecule is C[C@H](N)C(=O)Nc1cccc(Cl)c1-n1cncn1. The average Bonchev–Trinajstić information content (AvgIpc) is 2.82. The van der Waals surface area contributed by atoms with Gasteiger partial charge >= 0.3 is 0 Å². The zero-order valence-corrected chi connectivity index (χ0v) is 10.4. The smallest absolute Gasteiger partial charge is 0.241 e. The number of carbonyl (C=O) groups excluding carboxylic acids is 1. The fraction of sp³-hybridized carbons (Fsp3) is 0.182. The lowest BCUT2D eigenvalue weighted by atomic mass is 10.2. The number of nitrogens with one attached hydrogen (secondary N) is 1. The summed E-state index contributed by atoms with van der Waals surface area (Å²) in [6.45, 7) is 1.61. The second-order valence-corrected chi connectivity index (χ2v) is 4.16. The zero-order valence-electron chi connectivity index (χ0n) is 9.67. The van der Waals surface area contributed by atoms with Crippen molar-refractivity contribution in [2.45, 2.75) is 13.0 Å². The van der Waals surface area contributed by atoms with E-state index < -0.39 is 6.04 Å². The van der Waals surface area contributed by atoms with E-state index >= 15 is 0 Å². The fourth-order valence-electron chi connectivity index (χ4n) is 1.42. The minimum absolute atomic E-state index is 0.293. The molecule has 0 bridgehead atoms. The van der Waals surface area contributed by atoms with Gasteiger partial charge in [0.15, 0.2) is 0 Å². The van der Waals surface area contributed by atoms with E-state index in [0.717, 1.165) is 0 Å². The maximum atomic E-state index is 11.6. The van der Waals surface area contributed by atoms with Gasteiger partial charge in [0.1, 0.15) is 18.3 Å². The Morgan fingerprint density at radius 3 is 2.94 bits per heavy atom.